The molecule has 0 spiro atoms. The zero-order chi connectivity index (χ0) is 17.1. The van der Waals surface area contributed by atoms with Gasteiger partial charge in [0.2, 0.25) is 5.91 Å². The van der Waals surface area contributed by atoms with Crippen molar-refractivity contribution in [2.75, 3.05) is 11.2 Å². The van der Waals surface area contributed by atoms with Crippen molar-refractivity contribution in [3.8, 4) is 5.75 Å². The van der Waals surface area contributed by atoms with Gasteiger partial charge in [0.25, 0.3) is 0 Å². The van der Waals surface area contributed by atoms with Crippen LogP contribution in [-0.2, 0) is 16.6 Å². The first-order chi connectivity index (χ1) is 11.4. The lowest BCUT2D eigenvalue weighted by atomic mass is 9.88. The van der Waals surface area contributed by atoms with Gasteiger partial charge in [-0.25, -0.2) is 9.97 Å². The van der Waals surface area contributed by atoms with Crippen molar-refractivity contribution in [2.45, 2.75) is 43.3 Å². The molecule has 0 saturated carbocycles. The molecule has 1 atom stereocenters. The molecule has 0 unspecified atom stereocenters. The van der Waals surface area contributed by atoms with Gasteiger partial charge in [0, 0.05) is 11.8 Å². The van der Waals surface area contributed by atoms with E-state index in [0.717, 1.165) is 29.5 Å². The molecule has 0 bridgehead atoms. The van der Waals surface area contributed by atoms with Crippen LogP contribution in [0.2, 0.25) is 0 Å². The molecule has 1 aromatic carbocycles. The summed E-state index contributed by atoms with van der Waals surface area (Å²) in [6.45, 7) is 3.85. The second kappa shape index (κ2) is 5.21. The number of carbonyl (C=O) groups is 1. The Bertz CT molecular complexity index is 850. The number of hydrogen-bond acceptors (Lipinski definition) is 5. The number of carbonyl (C=O) groups excluding carboxylic acids is 1. The van der Waals surface area contributed by atoms with Crippen molar-refractivity contribution in [3.63, 3.8) is 0 Å². The summed E-state index contributed by atoms with van der Waals surface area (Å²) >= 11 is 1.47. The molecule has 2 aliphatic rings. The predicted octanol–water partition coefficient (Wildman–Crippen LogP) is 3.22. The van der Waals surface area contributed by atoms with Gasteiger partial charge in [-0.2, -0.15) is 0 Å². The molecule has 1 aliphatic carbocycles. The Morgan fingerprint density at radius 1 is 1.38 bits per heavy atom. The zero-order valence-corrected chi connectivity index (χ0v) is 14.7. The molecule has 1 N–H and O–H groups in total. The minimum atomic E-state index is -0.633. The van der Waals surface area contributed by atoms with Crippen LogP contribution < -0.4 is 4.90 Å². The molecule has 1 aromatic heterocycles. The molecule has 4 rings (SSSR count). The van der Waals surface area contributed by atoms with Gasteiger partial charge >= 0.3 is 0 Å². The topological polar surface area (TPSA) is 66.3 Å². The van der Waals surface area contributed by atoms with Gasteiger partial charge in [-0.3, -0.25) is 9.69 Å². The second-order valence-corrected chi connectivity index (χ2v) is 7.57. The van der Waals surface area contributed by atoms with Crippen LogP contribution in [0.3, 0.4) is 0 Å². The molecule has 0 fully saturated rings. The van der Waals surface area contributed by atoms with Crippen molar-refractivity contribution in [3.05, 3.63) is 41.1 Å². The van der Waals surface area contributed by atoms with Crippen molar-refractivity contribution < 1.29 is 9.90 Å². The fourth-order valence-corrected chi connectivity index (χ4v) is 4.10. The van der Waals surface area contributed by atoms with Crippen LogP contribution in [0, 0.1) is 0 Å². The number of phenols is 1. The number of nitrogens with zero attached hydrogens (tertiary/aromatic N) is 3. The number of aromatic hydroxyl groups is 1. The third-order valence-electron chi connectivity index (χ3n) is 5.11. The smallest absolute Gasteiger partial charge is 0.239 e. The lowest BCUT2D eigenvalue weighted by Crippen LogP contribution is -2.38. The molecule has 24 heavy (non-hydrogen) atoms. The van der Waals surface area contributed by atoms with E-state index in [4.69, 9.17) is 0 Å². The second-order valence-electron chi connectivity index (χ2n) is 6.79. The van der Waals surface area contributed by atoms with Crippen LogP contribution in [0.25, 0.3) is 0 Å². The number of amides is 1. The first kappa shape index (κ1) is 15.4. The van der Waals surface area contributed by atoms with Gasteiger partial charge in [0.1, 0.15) is 11.6 Å². The Morgan fingerprint density at radius 3 is 2.92 bits per heavy atom. The van der Waals surface area contributed by atoms with Crippen LogP contribution in [0.4, 0.5) is 5.82 Å². The van der Waals surface area contributed by atoms with Gasteiger partial charge in [0.05, 0.1) is 11.5 Å². The molecule has 2 aromatic rings. The van der Waals surface area contributed by atoms with Gasteiger partial charge in [-0.1, -0.05) is 23.9 Å². The van der Waals surface area contributed by atoms with Gasteiger partial charge in [-0.15, -0.1) is 0 Å². The highest BCUT2D eigenvalue weighted by Crippen LogP contribution is 2.49. The molecule has 2 heterocycles. The zero-order valence-electron chi connectivity index (χ0n) is 13.9. The largest absolute Gasteiger partial charge is 0.508 e. The lowest BCUT2D eigenvalue weighted by Gasteiger charge is -2.26. The van der Waals surface area contributed by atoms with Crippen molar-refractivity contribution >= 4 is 23.5 Å². The molecule has 0 saturated heterocycles. The average molecular weight is 341 g/mol. The maximum atomic E-state index is 13.2. The summed E-state index contributed by atoms with van der Waals surface area (Å²) in [4.78, 5) is 24.0. The van der Waals surface area contributed by atoms with Crippen molar-refractivity contribution in [2.24, 2.45) is 0 Å². The quantitative estimate of drug-likeness (QED) is 0.671. The average Bonchev–Trinajstić information content (AvgIpc) is 3.07. The predicted molar refractivity (Wildman–Crippen MR) is 93.5 cm³/mol. The number of phenolic OH excluding ortho intramolecular Hbond substituents is 1. The Morgan fingerprint density at radius 2 is 2.17 bits per heavy atom. The van der Waals surface area contributed by atoms with Crippen LogP contribution in [0.1, 0.15) is 43.0 Å². The van der Waals surface area contributed by atoms with E-state index >= 15 is 0 Å². The Kier molecular flexibility index (Phi) is 3.35. The molecular weight excluding hydrogens is 322 g/mol. The molecule has 124 valence electrons. The maximum Gasteiger partial charge on any atom is 0.239 e. The Balaban J connectivity index is 1.87. The summed E-state index contributed by atoms with van der Waals surface area (Å²) in [5, 5.41) is 10.8. The first-order valence-electron chi connectivity index (χ1n) is 8.01. The fraction of sp³-hybridized carbons (Fsp3) is 0.389. The van der Waals surface area contributed by atoms with E-state index in [1.54, 1.807) is 12.3 Å². The van der Waals surface area contributed by atoms with E-state index in [1.807, 2.05) is 37.1 Å². The lowest BCUT2D eigenvalue weighted by molar-refractivity contribution is -0.122. The van der Waals surface area contributed by atoms with E-state index in [1.165, 1.54) is 11.8 Å². The van der Waals surface area contributed by atoms with Crippen LogP contribution >= 0.6 is 11.8 Å². The van der Waals surface area contributed by atoms with Crippen molar-refractivity contribution in [1.82, 2.24) is 9.97 Å². The number of thioether (sulfide) groups is 1. The molecule has 5 nitrogen and oxygen atoms in total. The minimum absolute atomic E-state index is 0.0474. The highest BCUT2D eigenvalue weighted by atomic mass is 32.2. The number of anilines is 1. The molecular formula is C18H19N3O2S. The number of rotatable bonds is 2. The summed E-state index contributed by atoms with van der Waals surface area (Å²) in [5.41, 5.74) is 2.21. The SMILES string of the molecule is CSc1ncc2c(n1)N([C@H]1CCc3c(O)cccc31)C(=O)C2(C)C. The van der Waals surface area contributed by atoms with Crippen molar-refractivity contribution in [1.29, 1.82) is 0 Å². The minimum Gasteiger partial charge on any atom is -0.508 e. The first-order valence-corrected chi connectivity index (χ1v) is 9.23. The number of fused-ring (bicyclic) bond motifs is 2. The molecule has 1 amide bonds. The Hall–Kier alpha value is -2.08. The van der Waals surface area contributed by atoms with E-state index < -0.39 is 5.41 Å². The summed E-state index contributed by atoms with van der Waals surface area (Å²) in [6.07, 6.45) is 5.28. The van der Waals surface area contributed by atoms with E-state index in [9.17, 15) is 9.90 Å². The van der Waals surface area contributed by atoms with Gasteiger partial charge < -0.3 is 5.11 Å². The van der Waals surface area contributed by atoms with Crippen LogP contribution in [0.5, 0.6) is 5.75 Å². The maximum absolute atomic E-state index is 13.2. The van der Waals surface area contributed by atoms with Gasteiger partial charge in [-0.05, 0) is 50.1 Å². The van der Waals surface area contributed by atoms with E-state index in [-0.39, 0.29) is 11.9 Å². The number of aromatic nitrogens is 2. The molecule has 1 aliphatic heterocycles. The summed E-state index contributed by atoms with van der Waals surface area (Å²) in [7, 11) is 0. The highest BCUT2D eigenvalue weighted by molar-refractivity contribution is 7.98. The number of benzene rings is 1. The monoisotopic (exact) mass is 341 g/mol. The summed E-state index contributed by atoms with van der Waals surface area (Å²) < 4.78 is 0. The van der Waals surface area contributed by atoms with Crippen LogP contribution in [0.15, 0.2) is 29.6 Å². The standard InChI is InChI=1S/C18H19N3O2S/c1-18(2)12-9-19-17(24-3)20-15(12)21(16(18)23)13-8-7-11-10(13)5-4-6-14(11)22/h4-6,9,13,22H,7-8H2,1-3H3/t13-/m0/s1. The van der Waals surface area contributed by atoms with E-state index in [2.05, 4.69) is 9.97 Å². The Labute approximate surface area is 145 Å². The van der Waals surface area contributed by atoms with Gasteiger partial charge in [0.15, 0.2) is 5.16 Å². The number of hydrogen-bond donors (Lipinski definition) is 1. The molecule has 0 radical (unpaired) electrons. The third kappa shape index (κ3) is 1.99. The summed E-state index contributed by atoms with van der Waals surface area (Å²) in [6, 6.07) is 5.47. The normalized spacial score (nSPS) is 21.0. The highest BCUT2D eigenvalue weighted by Gasteiger charge is 2.49. The fourth-order valence-electron chi connectivity index (χ4n) is 3.76. The van der Waals surface area contributed by atoms with E-state index in [0.29, 0.717) is 16.7 Å². The summed E-state index contributed by atoms with van der Waals surface area (Å²) in [5.74, 6) is 1.07. The third-order valence-corrected chi connectivity index (χ3v) is 5.67. The molecule has 6 heteroatoms. The van der Waals surface area contributed by atoms with Crippen LogP contribution in [-0.4, -0.2) is 27.2 Å².